The van der Waals surface area contributed by atoms with Gasteiger partial charge in [0.15, 0.2) is 0 Å². The molecule has 1 heterocycles. The van der Waals surface area contributed by atoms with Gasteiger partial charge in [-0.25, -0.2) is 0 Å². The number of phenols is 1. The molecule has 5 aromatic carbocycles. The van der Waals surface area contributed by atoms with Crippen molar-refractivity contribution in [1.82, 2.24) is 4.90 Å². The second kappa shape index (κ2) is 10.4. The van der Waals surface area contributed by atoms with Crippen LogP contribution in [0.1, 0.15) is 41.6 Å². The maximum absolute atomic E-state index is 13.9. The van der Waals surface area contributed by atoms with E-state index in [0.29, 0.717) is 0 Å². The van der Waals surface area contributed by atoms with Gasteiger partial charge in [0.05, 0.1) is 6.04 Å². The molecule has 3 nitrogen and oxygen atoms in total. The summed E-state index contributed by atoms with van der Waals surface area (Å²) in [6, 6.07) is 38.8. The smallest absolute Gasteiger partial charge is 0.226 e. The lowest BCUT2D eigenvalue weighted by Crippen LogP contribution is -2.39. The summed E-state index contributed by atoms with van der Waals surface area (Å²) in [5, 5.41) is 13.4. The normalized spacial score (nSPS) is 18.0. The third-order valence-corrected chi connectivity index (χ3v) is 8.17. The van der Waals surface area contributed by atoms with Crippen molar-refractivity contribution in [2.24, 2.45) is 5.92 Å². The molecule has 0 radical (unpaired) electrons. The highest BCUT2D eigenvalue weighted by molar-refractivity contribution is 5.92. The molecule has 0 aromatic heterocycles. The van der Waals surface area contributed by atoms with Crippen LogP contribution in [0.2, 0.25) is 0 Å². The van der Waals surface area contributed by atoms with E-state index in [0.717, 1.165) is 40.3 Å². The molecule has 1 N–H and O–H groups in total. The lowest BCUT2D eigenvalue weighted by atomic mass is 9.88. The number of aryl methyl sites for hydroxylation is 1. The molecule has 0 spiro atoms. The van der Waals surface area contributed by atoms with Crippen molar-refractivity contribution >= 4 is 16.7 Å². The molecular weight excluding hydrogens is 478 g/mol. The maximum Gasteiger partial charge on any atom is 0.226 e. The minimum Gasteiger partial charge on any atom is -0.508 e. The molecule has 3 heteroatoms. The second-order valence-corrected chi connectivity index (χ2v) is 10.8. The number of carbonyl (C=O) groups excluding carboxylic acids is 1. The third-order valence-electron chi connectivity index (χ3n) is 8.17. The van der Waals surface area contributed by atoms with Gasteiger partial charge in [0, 0.05) is 17.5 Å². The standard InChI is InChI=1S/C36H33NO2/c1-24-10-9-15-29-20-21-32(38)34(33(24)29)35(30-13-7-4-8-14-30)37-31(22-25(2)36(37)39)23-26-16-18-28(19-17-26)27-11-5-3-6-12-27/h3-21,25,31,35,38H,22-23H2,1-2H3/t25-,31+,35+/m1/s1. The van der Waals surface area contributed by atoms with Crippen LogP contribution in [0.15, 0.2) is 115 Å². The Morgan fingerprint density at radius 2 is 1.46 bits per heavy atom. The zero-order valence-electron chi connectivity index (χ0n) is 22.4. The fraction of sp³-hybridized carbons (Fsp3) is 0.194. The van der Waals surface area contributed by atoms with Gasteiger partial charge in [0.25, 0.3) is 0 Å². The van der Waals surface area contributed by atoms with Crippen molar-refractivity contribution in [2.75, 3.05) is 0 Å². The van der Waals surface area contributed by atoms with Gasteiger partial charge in [-0.15, -0.1) is 0 Å². The number of hydrogen-bond acceptors (Lipinski definition) is 2. The predicted octanol–water partition coefficient (Wildman–Crippen LogP) is 8.09. The van der Waals surface area contributed by atoms with E-state index in [4.69, 9.17) is 0 Å². The van der Waals surface area contributed by atoms with Crippen LogP contribution < -0.4 is 0 Å². The number of amides is 1. The van der Waals surface area contributed by atoms with E-state index in [1.54, 1.807) is 6.07 Å². The van der Waals surface area contributed by atoms with Gasteiger partial charge in [-0.05, 0) is 64.4 Å². The molecule has 1 fully saturated rings. The molecule has 1 aliphatic heterocycles. The molecule has 3 atom stereocenters. The largest absolute Gasteiger partial charge is 0.508 e. The molecule has 0 unspecified atom stereocenters. The van der Waals surface area contributed by atoms with E-state index < -0.39 is 0 Å². The Kier molecular flexibility index (Phi) is 6.66. The fourth-order valence-electron chi connectivity index (χ4n) is 6.27. The average Bonchev–Trinajstić information content (AvgIpc) is 3.24. The van der Waals surface area contributed by atoms with Gasteiger partial charge in [-0.3, -0.25) is 4.79 Å². The third kappa shape index (κ3) is 4.70. The first-order valence-corrected chi connectivity index (χ1v) is 13.7. The molecule has 0 saturated carbocycles. The van der Waals surface area contributed by atoms with Crippen LogP contribution in [0.3, 0.4) is 0 Å². The second-order valence-electron chi connectivity index (χ2n) is 10.8. The molecule has 5 aromatic rings. The van der Waals surface area contributed by atoms with Crippen LogP contribution in [0, 0.1) is 12.8 Å². The maximum atomic E-state index is 13.9. The van der Waals surface area contributed by atoms with Gasteiger partial charge >= 0.3 is 0 Å². The molecule has 0 bridgehead atoms. The minimum absolute atomic E-state index is 0.0129. The number of aromatic hydroxyl groups is 1. The highest BCUT2D eigenvalue weighted by Crippen LogP contribution is 2.45. The average molecular weight is 512 g/mol. The van der Waals surface area contributed by atoms with Gasteiger partial charge in [-0.2, -0.15) is 0 Å². The van der Waals surface area contributed by atoms with E-state index in [-0.39, 0.29) is 29.7 Å². The Hall–Kier alpha value is -4.37. The Labute approximate surface area is 230 Å². The van der Waals surface area contributed by atoms with Crippen molar-refractivity contribution in [3.8, 4) is 16.9 Å². The zero-order valence-corrected chi connectivity index (χ0v) is 22.4. The number of rotatable bonds is 6. The molecule has 1 amide bonds. The van der Waals surface area contributed by atoms with Crippen LogP contribution >= 0.6 is 0 Å². The van der Waals surface area contributed by atoms with E-state index in [9.17, 15) is 9.90 Å². The monoisotopic (exact) mass is 511 g/mol. The van der Waals surface area contributed by atoms with Crippen LogP contribution in [0.4, 0.5) is 0 Å². The number of phenolic OH excluding ortho intramolecular Hbond substituents is 1. The van der Waals surface area contributed by atoms with Gasteiger partial charge in [0.1, 0.15) is 5.75 Å². The molecule has 194 valence electrons. The van der Waals surface area contributed by atoms with E-state index in [2.05, 4.69) is 84.6 Å². The topological polar surface area (TPSA) is 40.5 Å². The molecule has 0 aliphatic carbocycles. The van der Waals surface area contributed by atoms with Crippen molar-refractivity contribution in [3.05, 3.63) is 138 Å². The number of likely N-dealkylation sites (tertiary alicyclic amines) is 1. The van der Waals surface area contributed by atoms with Crippen molar-refractivity contribution in [1.29, 1.82) is 0 Å². The van der Waals surface area contributed by atoms with Crippen molar-refractivity contribution in [3.63, 3.8) is 0 Å². The number of benzene rings is 5. The van der Waals surface area contributed by atoms with E-state index in [1.165, 1.54) is 16.7 Å². The number of nitrogens with zero attached hydrogens (tertiary/aromatic N) is 1. The first-order valence-electron chi connectivity index (χ1n) is 13.7. The Morgan fingerprint density at radius 3 is 2.18 bits per heavy atom. The molecular formula is C36H33NO2. The van der Waals surface area contributed by atoms with Gasteiger partial charge < -0.3 is 10.0 Å². The van der Waals surface area contributed by atoms with Crippen LogP contribution in [0.25, 0.3) is 21.9 Å². The number of hydrogen-bond donors (Lipinski definition) is 1. The molecule has 6 rings (SSSR count). The summed E-state index contributed by atoms with van der Waals surface area (Å²) in [7, 11) is 0. The quantitative estimate of drug-likeness (QED) is 0.250. The summed E-state index contributed by atoms with van der Waals surface area (Å²) in [6.07, 6.45) is 1.55. The molecule has 1 aliphatic rings. The van der Waals surface area contributed by atoms with E-state index >= 15 is 0 Å². The summed E-state index contributed by atoms with van der Waals surface area (Å²) in [4.78, 5) is 16.0. The summed E-state index contributed by atoms with van der Waals surface area (Å²) >= 11 is 0. The summed E-state index contributed by atoms with van der Waals surface area (Å²) < 4.78 is 0. The lowest BCUT2D eigenvalue weighted by molar-refractivity contribution is -0.133. The SMILES string of the molecule is Cc1cccc2ccc(O)c([C@H](c3ccccc3)N3C(=O)[C@H](C)C[C@H]3Cc3ccc(-c4ccccc4)cc3)c12. The Balaban J connectivity index is 1.44. The highest BCUT2D eigenvalue weighted by atomic mass is 16.3. The predicted molar refractivity (Wildman–Crippen MR) is 159 cm³/mol. The molecule has 39 heavy (non-hydrogen) atoms. The zero-order chi connectivity index (χ0) is 26.9. The van der Waals surface area contributed by atoms with Gasteiger partial charge in [0.2, 0.25) is 5.91 Å². The molecule has 1 saturated heterocycles. The number of carbonyl (C=O) groups is 1. The summed E-state index contributed by atoms with van der Waals surface area (Å²) in [6.45, 7) is 4.11. The Morgan fingerprint density at radius 1 is 0.795 bits per heavy atom. The number of fused-ring (bicyclic) bond motifs is 1. The fourth-order valence-corrected chi connectivity index (χ4v) is 6.27. The summed E-state index contributed by atoms with van der Waals surface area (Å²) in [5.41, 5.74) is 6.49. The summed E-state index contributed by atoms with van der Waals surface area (Å²) in [5.74, 6) is 0.284. The Bertz CT molecular complexity index is 1610. The lowest BCUT2D eigenvalue weighted by Gasteiger charge is -2.35. The van der Waals surface area contributed by atoms with Crippen molar-refractivity contribution in [2.45, 2.75) is 38.8 Å². The van der Waals surface area contributed by atoms with Crippen LogP contribution in [-0.4, -0.2) is 22.0 Å². The van der Waals surface area contributed by atoms with E-state index in [1.807, 2.05) is 43.3 Å². The van der Waals surface area contributed by atoms with Crippen LogP contribution in [-0.2, 0) is 11.2 Å². The highest BCUT2D eigenvalue weighted by Gasteiger charge is 2.43. The van der Waals surface area contributed by atoms with Crippen LogP contribution in [0.5, 0.6) is 5.75 Å². The first-order chi connectivity index (χ1) is 19.0. The first kappa shape index (κ1) is 24.9. The van der Waals surface area contributed by atoms with Gasteiger partial charge in [-0.1, -0.05) is 116 Å². The van der Waals surface area contributed by atoms with Crippen molar-refractivity contribution < 1.29 is 9.90 Å². The minimum atomic E-state index is -0.387.